The Hall–Kier alpha value is -4.19. The number of nitrogens with zero attached hydrogens (tertiary/aromatic N) is 3. The van der Waals surface area contributed by atoms with Crippen molar-refractivity contribution < 1.29 is 9.53 Å². The fraction of sp³-hybridized carbons (Fsp3) is 0.148. The fourth-order valence-electron chi connectivity index (χ4n) is 4.04. The van der Waals surface area contributed by atoms with Crippen LogP contribution in [0.4, 0.5) is 5.69 Å². The van der Waals surface area contributed by atoms with Crippen LogP contribution in [-0.4, -0.2) is 27.3 Å². The van der Waals surface area contributed by atoms with E-state index < -0.39 is 0 Å². The molecule has 6 nitrogen and oxygen atoms in total. The van der Waals surface area contributed by atoms with Crippen molar-refractivity contribution in [3.63, 3.8) is 0 Å². The first kappa shape index (κ1) is 20.7. The normalized spacial score (nSPS) is 11.1. The van der Waals surface area contributed by atoms with Gasteiger partial charge in [-0.1, -0.05) is 36.4 Å². The largest absolute Gasteiger partial charge is 0.494 e. The van der Waals surface area contributed by atoms with Gasteiger partial charge in [0, 0.05) is 28.2 Å². The number of aromatic nitrogens is 3. The van der Waals surface area contributed by atoms with Crippen molar-refractivity contribution in [1.29, 1.82) is 0 Å². The topological polar surface area (TPSA) is 69.0 Å². The van der Waals surface area contributed by atoms with Crippen LogP contribution in [0.5, 0.6) is 5.75 Å². The highest BCUT2D eigenvalue weighted by Crippen LogP contribution is 2.32. The summed E-state index contributed by atoms with van der Waals surface area (Å²) in [6.45, 7) is 4.64. The van der Waals surface area contributed by atoms with Gasteiger partial charge in [0.25, 0.3) is 0 Å². The minimum absolute atomic E-state index is 0.0931. The summed E-state index contributed by atoms with van der Waals surface area (Å²) in [6, 6.07) is 23.5. The summed E-state index contributed by atoms with van der Waals surface area (Å²) < 4.78 is 7.35. The summed E-state index contributed by atoms with van der Waals surface area (Å²) in [5.41, 5.74) is 5.31. The molecular weight excluding hydrogens is 412 g/mol. The molecule has 5 aromatic rings. The zero-order valence-electron chi connectivity index (χ0n) is 18.6. The molecule has 0 saturated heterocycles. The van der Waals surface area contributed by atoms with E-state index in [0.29, 0.717) is 6.61 Å². The number of hydrogen-bond acceptors (Lipinski definition) is 4. The zero-order chi connectivity index (χ0) is 22.8. The van der Waals surface area contributed by atoms with Crippen LogP contribution >= 0.6 is 0 Å². The van der Waals surface area contributed by atoms with Gasteiger partial charge in [0.15, 0.2) is 0 Å². The van der Waals surface area contributed by atoms with Gasteiger partial charge < -0.3 is 10.1 Å². The van der Waals surface area contributed by atoms with Crippen molar-refractivity contribution in [3.8, 4) is 17.0 Å². The first-order chi connectivity index (χ1) is 16.1. The summed E-state index contributed by atoms with van der Waals surface area (Å²) in [4.78, 5) is 17.6. The van der Waals surface area contributed by atoms with E-state index in [1.54, 1.807) is 4.68 Å². The lowest BCUT2D eigenvalue weighted by Crippen LogP contribution is -2.20. The smallest absolute Gasteiger partial charge is 0.246 e. The van der Waals surface area contributed by atoms with Crippen LogP contribution in [0.15, 0.2) is 79.0 Å². The maximum absolute atomic E-state index is 13.0. The van der Waals surface area contributed by atoms with Crippen molar-refractivity contribution >= 4 is 33.4 Å². The lowest BCUT2D eigenvalue weighted by Gasteiger charge is -2.09. The van der Waals surface area contributed by atoms with E-state index in [-0.39, 0.29) is 12.5 Å². The van der Waals surface area contributed by atoms with Crippen LogP contribution in [0.2, 0.25) is 0 Å². The molecule has 0 fully saturated rings. The minimum Gasteiger partial charge on any atom is -0.494 e. The Morgan fingerprint density at radius 3 is 2.52 bits per heavy atom. The van der Waals surface area contributed by atoms with E-state index in [4.69, 9.17) is 9.84 Å². The number of rotatable bonds is 6. The number of hydrogen-bond donors (Lipinski definition) is 1. The molecule has 0 atom stereocenters. The second kappa shape index (κ2) is 8.74. The number of carbonyl (C=O) groups is 1. The molecule has 0 aliphatic carbocycles. The highest BCUT2D eigenvalue weighted by molar-refractivity contribution is 6.08. The molecule has 0 radical (unpaired) electrons. The third kappa shape index (κ3) is 4.03. The molecule has 6 heteroatoms. The van der Waals surface area contributed by atoms with Crippen LogP contribution in [-0.2, 0) is 11.3 Å². The number of benzene rings is 3. The molecule has 0 spiro atoms. The van der Waals surface area contributed by atoms with Crippen LogP contribution in [0.1, 0.15) is 12.5 Å². The van der Waals surface area contributed by atoms with Gasteiger partial charge in [0.1, 0.15) is 18.0 Å². The maximum atomic E-state index is 13.0. The number of anilines is 1. The molecule has 5 rings (SSSR count). The van der Waals surface area contributed by atoms with Crippen molar-refractivity contribution in [2.75, 3.05) is 11.9 Å². The molecule has 33 heavy (non-hydrogen) atoms. The van der Waals surface area contributed by atoms with Crippen molar-refractivity contribution in [2.45, 2.75) is 20.4 Å². The fourth-order valence-corrected chi connectivity index (χ4v) is 4.04. The van der Waals surface area contributed by atoms with Gasteiger partial charge in [-0.25, -0.2) is 0 Å². The molecule has 0 aliphatic rings. The Kier molecular flexibility index (Phi) is 5.48. The number of aryl methyl sites for hydroxylation is 1. The quantitative estimate of drug-likeness (QED) is 0.376. The number of fused-ring (bicyclic) bond motifs is 3. The van der Waals surface area contributed by atoms with Gasteiger partial charge >= 0.3 is 0 Å². The molecule has 1 N–H and O–H groups in total. The van der Waals surface area contributed by atoms with E-state index in [1.807, 2.05) is 92.8 Å². The Morgan fingerprint density at radius 2 is 1.73 bits per heavy atom. The average Bonchev–Trinajstić information content (AvgIpc) is 3.20. The van der Waals surface area contributed by atoms with Gasteiger partial charge in [0.2, 0.25) is 5.91 Å². The predicted octanol–water partition coefficient (Wildman–Crippen LogP) is 5.60. The molecule has 3 aromatic carbocycles. The summed E-state index contributed by atoms with van der Waals surface area (Å²) >= 11 is 0. The van der Waals surface area contributed by atoms with E-state index >= 15 is 0 Å². The van der Waals surface area contributed by atoms with Gasteiger partial charge in [0.05, 0.1) is 17.6 Å². The summed E-state index contributed by atoms with van der Waals surface area (Å²) in [7, 11) is 0. The molecule has 0 bridgehead atoms. The maximum Gasteiger partial charge on any atom is 0.246 e. The Morgan fingerprint density at radius 1 is 0.970 bits per heavy atom. The van der Waals surface area contributed by atoms with Gasteiger partial charge in [-0.15, -0.1) is 0 Å². The van der Waals surface area contributed by atoms with Crippen LogP contribution in [0.25, 0.3) is 33.1 Å². The number of pyridine rings is 1. The lowest BCUT2D eigenvalue weighted by atomic mass is 10.1. The highest BCUT2D eigenvalue weighted by atomic mass is 16.5. The predicted molar refractivity (Wildman–Crippen MR) is 131 cm³/mol. The first-order valence-corrected chi connectivity index (χ1v) is 11.0. The number of amides is 1. The van der Waals surface area contributed by atoms with Gasteiger partial charge in [-0.05, 0) is 55.8 Å². The number of ether oxygens (including phenoxy) is 1. The number of para-hydroxylation sites is 2. The molecule has 164 valence electrons. The van der Waals surface area contributed by atoms with Crippen molar-refractivity contribution in [2.24, 2.45) is 0 Å². The number of carbonyl (C=O) groups excluding carboxylic acids is 1. The third-order valence-electron chi connectivity index (χ3n) is 5.63. The Labute approximate surface area is 191 Å². The minimum atomic E-state index is -0.132. The first-order valence-electron chi connectivity index (χ1n) is 11.0. The summed E-state index contributed by atoms with van der Waals surface area (Å²) in [5, 5.41) is 9.74. The second-order valence-electron chi connectivity index (χ2n) is 7.86. The monoisotopic (exact) mass is 436 g/mol. The van der Waals surface area contributed by atoms with Gasteiger partial charge in [-0.2, -0.15) is 5.10 Å². The SMILES string of the molecule is CCOc1ccc(-c2nn(CC(=O)Nc3ccccc3C)c3c2cnc2ccccc23)cc1. The summed E-state index contributed by atoms with van der Waals surface area (Å²) in [5.74, 6) is 0.680. The number of nitrogens with one attached hydrogen (secondary N) is 1. The standard InChI is InChI=1S/C27H24N4O2/c1-3-33-20-14-12-19(13-15-20)26-22-16-28-24-11-7-5-9-21(24)27(22)31(30-26)17-25(32)29-23-10-6-4-8-18(23)2/h4-16H,3,17H2,1-2H3,(H,29,32). The average molecular weight is 437 g/mol. The Bertz CT molecular complexity index is 1450. The molecule has 1 amide bonds. The van der Waals surface area contributed by atoms with Crippen LogP contribution in [0, 0.1) is 6.92 Å². The van der Waals surface area contributed by atoms with Crippen molar-refractivity contribution in [1.82, 2.24) is 14.8 Å². The lowest BCUT2D eigenvalue weighted by molar-refractivity contribution is -0.116. The molecule has 0 unspecified atom stereocenters. The van der Waals surface area contributed by atoms with E-state index in [2.05, 4.69) is 10.3 Å². The van der Waals surface area contributed by atoms with Crippen LogP contribution in [0.3, 0.4) is 0 Å². The van der Waals surface area contributed by atoms with Gasteiger partial charge in [-0.3, -0.25) is 14.5 Å². The third-order valence-corrected chi connectivity index (χ3v) is 5.63. The van der Waals surface area contributed by atoms with E-state index in [1.165, 1.54) is 0 Å². The molecule has 2 heterocycles. The molecule has 2 aromatic heterocycles. The van der Waals surface area contributed by atoms with Crippen molar-refractivity contribution in [3.05, 3.63) is 84.6 Å². The Balaban J connectivity index is 1.59. The molecule has 0 aliphatic heterocycles. The van der Waals surface area contributed by atoms with E-state index in [0.717, 1.165) is 50.1 Å². The summed E-state index contributed by atoms with van der Waals surface area (Å²) in [6.07, 6.45) is 1.84. The van der Waals surface area contributed by atoms with Crippen LogP contribution < -0.4 is 10.1 Å². The zero-order valence-corrected chi connectivity index (χ0v) is 18.6. The molecule has 0 saturated carbocycles. The molecular formula is C27H24N4O2. The van der Waals surface area contributed by atoms with E-state index in [9.17, 15) is 4.79 Å². The second-order valence-corrected chi connectivity index (χ2v) is 7.86. The highest BCUT2D eigenvalue weighted by Gasteiger charge is 2.18.